The number of aromatic nitrogens is 3. The van der Waals surface area contributed by atoms with Gasteiger partial charge in [-0.2, -0.15) is 0 Å². The first-order chi connectivity index (χ1) is 18.8. The van der Waals surface area contributed by atoms with Crippen LogP contribution in [0.3, 0.4) is 0 Å². The van der Waals surface area contributed by atoms with Crippen LogP contribution < -0.4 is 21.6 Å². The zero-order chi connectivity index (χ0) is 27.1. The summed E-state index contributed by atoms with van der Waals surface area (Å²) < 4.78 is 0. The highest BCUT2D eigenvalue weighted by atomic mass is 35.5. The number of halogens is 1. The molecule has 8 nitrogen and oxygen atoms in total. The van der Waals surface area contributed by atoms with Gasteiger partial charge in [0.15, 0.2) is 0 Å². The lowest BCUT2D eigenvalue weighted by atomic mass is 9.96. The lowest BCUT2D eigenvalue weighted by molar-refractivity contribution is 0.260. The van der Waals surface area contributed by atoms with Crippen LogP contribution >= 0.6 is 11.6 Å². The maximum absolute atomic E-state index is 6.82. The summed E-state index contributed by atoms with van der Waals surface area (Å²) >= 11 is 6.82. The fourth-order valence-corrected chi connectivity index (χ4v) is 5.06. The normalized spacial score (nSPS) is 16.1. The molecule has 1 aliphatic carbocycles. The van der Waals surface area contributed by atoms with Crippen molar-refractivity contribution in [2.45, 2.75) is 45.7 Å². The first-order valence-electron chi connectivity index (χ1n) is 13.1. The van der Waals surface area contributed by atoms with Crippen LogP contribution in [0.2, 0.25) is 5.02 Å². The number of nitrogens with zero attached hydrogens (tertiary/aromatic N) is 4. The highest BCUT2D eigenvalue weighted by molar-refractivity contribution is 6.35. The summed E-state index contributed by atoms with van der Waals surface area (Å²) in [5.74, 6) is 2.78. The van der Waals surface area contributed by atoms with E-state index in [-0.39, 0.29) is 11.5 Å². The third-order valence-corrected chi connectivity index (χ3v) is 7.23. The van der Waals surface area contributed by atoms with E-state index in [1.54, 1.807) is 12.4 Å². The van der Waals surface area contributed by atoms with Crippen molar-refractivity contribution in [2.75, 3.05) is 17.2 Å². The van der Waals surface area contributed by atoms with Gasteiger partial charge in [0.2, 0.25) is 0 Å². The molecule has 1 atom stereocenters. The van der Waals surface area contributed by atoms with Gasteiger partial charge >= 0.3 is 0 Å². The largest absolute Gasteiger partial charge is 0.383 e. The highest BCUT2D eigenvalue weighted by Crippen LogP contribution is 2.38. The van der Waals surface area contributed by atoms with Crippen molar-refractivity contribution in [2.24, 2.45) is 5.41 Å². The van der Waals surface area contributed by atoms with Crippen LogP contribution in [0.25, 0.3) is 21.7 Å². The second-order valence-corrected chi connectivity index (χ2v) is 11.7. The molecule has 0 unspecified atom stereocenters. The maximum atomic E-state index is 6.82. The van der Waals surface area contributed by atoms with Crippen LogP contribution in [0.1, 0.15) is 50.8 Å². The molecule has 0 spiro atoms. The Morgan fingerprint density at radius 2 is 1.97 bits per heavy atom. The van der Waals surface area contributed by atoms with E-state index < -0.39 is 0 Å². The minimum atomic E-state index is -0.247. The molecular formula is C30H31ClN8. The lowest BCUT2D eigenvalue weighted by Crippen LogP contribution is -2.38. The molecule has 4 aromatic rings. The van der Waals surface area contributed by atoms with E-state index in [2.05, 4.69) is 80.5 Å². The van der Waals surface area contributed by atoms with Gasteiger partial charge in [0.1, 0.15) is 0 Å². The molecule has 198 valence electrons. The van der Waals surface area contributed by atoms with Crippen molar-refractivity contribution < 1.29 is 0 Å². The third-order valence-electron chi connectivity index (χ3n) is 6.95. The smallest absolute Gasteiger partial charge is 0.0965 e. The van der Waals surface area contributed by atoms with Crippen molar-refractivity contribution in [3.63, 3.8) is 0 Å². The Hall–Kier alpha value is -4.06. The molecule has 1 saturated carbocycles. The number of pyridine rings is 3. The quantitative estimate of drug-likeness (QED) is 0.221. The van der Waals surface area contributed by atoms with Crippen LogP contribution in [0.5, 0.6) is 0 Å². The van der Waals surface area contributed by atoms with Gasteiger partial charge in [-0.25, -0.2) is 0 Å². The van der Waals surface area contributed by atoms with Crippen molar-refractivity contribution in [3.8, 4) is 12.3 Å². The summed E-state index contributed by atoms with van der Waals surface area (Å²) in [7, 11) is 0. The van der Waals surface area contributed by atoms with Gasteiger partial charge in [-0.15, -0.1) is 12.0 Å². The van der Waals surface area contributed by atoms with E-state index in [9.17, 15) is 0 Å². The van der Waals surface area contributed by atoms with Crippen molar-refractivity contribution in [3.05, 3.63) is 77.2 Å². The van der Waals surface area contributed by atoms with Gasteiger partial charge in [-0.05, 0) is 41.8 Å². The Balaban J connectivity index is 1.46. The van der Waals surface area contributed by atoms with E-state index in [1.165, 1.54) is 12.8 Å². The molecule has 2 aliphatic rings. The van der Waals surface area contributed by atoms with Crippen LogP contribution in [0, 0.1) is 17.8 Å². The lowest BCUT2D eigenvalue weighted by Gasteiger charge is -2.24. The predicted octanol–water partition coefficient (Wildman–Crippen LogP) is 5.75. The standard InChI is InChI=1S/C30H31ClN8/c1-5-18-14-34-28-23(27(18)35-17-30(2,3)4)10-20(11-25(28)31)36-29(26-16-39(38-37-26)21-6-7-21)24-15-33-13-19-12-32-9-8-22(19)24/h1,8-16,21,29,36-38H,6-7,17H2,2-4H3,(H,34,35)/t29-/m0/s1. The molecular weight excluding hydrogens is 508 g/mol. The number of hydrazine groups is 2. The van der Waals surface area contributed by atoms with Gasteiger partial charge in [0.05, 0.1) is 33.5 Å². The maximum Gasteiger partial charge on any atom is 0.0965 e. The minimum Gasteiger partial charge on any atom is -0.383 e. The Labute approximate surface area is 233 Å². The van der Waals surface area contributed by atoms with Gasteiger partial charge in [-0.3, -0.25) is 20.0 Å². The van der Waals surface area contributed by atoms with E-state index >= 15 is 0 Å². The Morgan fingerprint density at radius 3 is 2.74 bits per heavy atom. The van der Waals surface area contributed by atoms with E-state index in [0.29, 0.717) is 22.1 Å². The molecule has 6 rings (SSSR count). The fraction of sp³-hybridized carbons (Fsp3) is 0.300. The van der Waals surface area contributed by atoms with Gasteiger partial charge in [0.25, 0.3) is 0 Å². The first kappa shape index (κ1) is 25.2. The van der Waals surface area contributed by atoms with Crippen LogP contribution in [-0.2, 0) is 0 Å². The summed E-state index contributed by atoms with van der Waals surface area (Å²) in [6.07, 6.45) is 19.4. The van der Waals surface area contributed by atoms with E-state index in [1.807, 2.05) is 30.7 Å². The number of benzene rings is 1. The second-order valence-electron chi connectivity index (χ2n) is 11.3. The third kappa shape index (κ3) is 5.16. The number of hydrogen-bond donors (Lipinski definition) is 4. The number of anilines is 2. The number of hydrogen-bond acceptors (Lipinski definition) is 8. The predicted molar refractivity (Wildman–Crippen MR) is 158 cm³/mol. The number of terminal acetylenes is 1. The average Bonchev–Trinajstić information content (AvgIpc) is 3.66. The van der Waals surface area contributed by atoms with E-state index in [0.717, 1.165) is 45.3 Å². The van der Waals surface area contributed by atoms with Crippen molar-refractivity contribution >= 4 is 44.7 Å². The molecule has 0 radical (unpaired) electrons. The molecule has 4 heterocycles. The average molecular weight is 539 g/mol. The SMILES string of the molecule is C#Cc1cnc2c(Cl)cc(N[C@H](C3=CN(C4CC4)NN3)c3cncc4cnccc34)cc2c1NCC(C)(C)C. The Bertz CT molecular complexity index is 1630. The summed E-state index contributed by atoms with van der Waals surface area (Å²) in [6.45, 7) is 7.28. The molecule has 3 aromatic heterocycles. The minimum absolute atomic E-state index is 0.0590. The topological polar surface area (TPSA) is 90.0 Å². The van der Waals surface area contributed by atoms with Crippen molar-refractivity contribution in [1.82, 2.24) is 30.9 Å². The molecule has 0 amide bonds. The summed E-state index contributed by atoms with van der Waals surface area (Å²) in [5.41, 5.74) is 11.8. The Kier molecular flexibility index (Phi) is 6.42. The molecule has 0 bridgehead atoms. The number of fused-ring (bicyclic) bond motifs is 2. The monoisotopic (exact) mass is 538 g/mol. The first-order valence-corrected chi connectivity index (χ1v) is 13.5. The molecule has 0 saturated heterocycles. The summed E-state index contributed by atoms with van der Waals surface area (Å²) in [5, 5.41) is 12.9. The van der Waals surface area contributed by atoms with Gasteiger partial charge in [0, 0.05) is 71.8 Å². The summed E-state index contributed by atoms with van der Waals surface area (Å²) in [4.78, 5) is 13.4. The summed E-state index contributed by atoms with van der Waals surface area (Å²) in [6, 6.07) is 6.25. The highest BCUT2D eigenvalue weighted by Gasteiger charge is 2.33. The number of rotatable bonds is 7. The fourth-order valence-electron chi connectivity index (χ4n) is 4.80. The van der Waals surface area contributed by atoms with E-state index in [4.69, 9.17) is 18.0 Å². The Morgan fingerprint density at radius 1 is 1.15 bits per heavy atom. The van der Waals surface area contributed by atoms with Crippen LogP contribution in [0.4, 0.5) is 11.4 Å². The van der Waals surface area contributed by atoms with Crippen molar-refractivity contribution in [1.29, 1.82) is 0 Å². The molecule has 1 aromatic carbocycles. The molecule has 1 aliphatic heterocycles. The van der Waals surface area contributed by atoms with Gasteiger partial charge < -0.3 is 16.1 Å². The molecule has 9 heteroatoms. The zero-order valence-corrected chi connectivity index (χ0v) is 23.0. The second kappa shape index (κ2) is 9.92. The van der Waals surface area contributed by atoms with Gasteiger partial charge in [-0.1, -0.05) is 38.3 Å². The van der Waals surface area contributed by atoms with Crippen LogP contribution in [0.15, 0.2) is 61.1 Å². The zero-order valence-electron chi connectivity index (χ0n) is 22.2. The molecule has 1 fully saturated rings. The molecule has 39 heavy (non-hydrogen) atoms. The molecule has 4 N–H and O–H groups in total. The number of nitrogens with one attached hydrogen (secondary N) is 4. The van der Waals surface area contributed by atoms with Crippen LogP contribution in [-0.4, -0.2) is 32.5 Å².